The topological polar surface area (TPSA) is 56.7 Å². The maximum absolute atomic E-state index is 14.3. The van der Waals surface area contributed by atoms with E-state index in [0.717, 1.165) is 43.6 Å². The van der Waals surface area contributed by atoms with E-state index in [4.69, 9.17) is 14.2 Å². The van der Waals surface area contributed by atoms with E-state index < -0.39 is 17.4 Å². The van der Waals surface area contributed by atoms with Crippen LogP contribution in [0.1, 0.15) is 0 Å². The molecular formula is C21H19F2N3O3. The lowest BCUT2D eigenvalue weighted by Crippen LogP contribution is -2.36. The van der Waals surface area contributed by atoms with Gasteiger partial charge in [0.25, 0.3) is 0 Å². The molecule has 6 nitrogen and oxygen atoms in total. The second-order valence-electron chi connectivity index (χ2n) is 6.36. The zero-order valence-corrected chi connectivity index (χ0v) is 15.8. The van der Waals surface area contributed by atoms with Gasteiger partial charge in [-0.25, -0.2) is 9.37 Å². The molecule has 1 saturated heterocycles. The van der Waals surface area contributed by atoms with Crippen molar-refractivity contribution in [1.29, 1.82) is 0 Å². The van der Waals surface area contributed by atoms with Crippen LogP contribution in [0.4, 0.5) is 14.5 Å². The number of benzene rings is 2. The van der Waals surface area contributed by atoms with Gasteiger partial charge in [0.15, 0.2) is 23.1 Å². The Hall–Kier alpha value is -3.26. The fourth-order valence-corrected chi connectivity index (χ4v) is 3.07. The lowest BCUT2D eigenvalue weighted by molar-refractivity contribution is 0.122. The molecule has 0 bridgehead atoms. The summed E-state index contributed by atoms with van der Waals surface area (Å²) in [7, 11) is 1.19. The van der Waals surface area contributed by atoms with Crippen molar-refractivity contribution in [2.24, 2.45) is 0 Å². The van der Waals surface area contributed by atoms with Gasteiger partial charge in [-0.3, -0.25) is 0 Å². The molecule has 2 aromatic carbocycles. The number of halogens is 2. The summed E-state index contributed by atoms with van der Waals surface area (Å²) in [4.78, 5) is 10.8. The molecule has 0 radical (unpaired) electrons. The van der Waals surface area contributed by atoms with Gasteiger partial charge in [0.1, 0.15) is 0 Å². The number of nitrogens with zero attached hydrogens (tertiary/aromatic N) is 3. The largest absolute Gasteiger partial charge is 0.491 e. The molecule has 0 saturated carbocycles. The highest BCUT2D eigenvalue weighted by Crippen LogP contribution is 2.32. The molecule has 3 aromatic rings. The van der Waals surface area contributed by atoms with Crippen LogP contribution in [0.2, 0.25) is 0 Å². The van der Waals surface area contributed by atoms with E-state index in [2.05, 4.69) is 14.9 Å². The van der Waals surface area contributed by atoms with Crippen molar-refractivity contribution in [3.63, 3.8) is 0 Å². The molecule has 1 aliphatic rings. The minimum Gasteiger partial charge on any atom is -0.491 e. The van der Waals surface area contributed by atoms with Crippen LogP contribution in [-0.2, 0) is 4.74 Å². The van der Waals surface area contributed by atoms with E-state index in [9.17, 15) is 8.78 Å². The zero-order chi connectivity index (χ0) is 20.2. The number of aromatic nitrogens is 2. The number of hydrogen-bond acceptors (Lipinski definition) is 6. The van der Waals surface area contributed by atoms with Gasteiger partial charge in [-0.1, -0.05) is 0 Å². The number of methoxy groups -OCH3 is 1. The summed E-state index contributed by atoms with van der Waals surface area (Å²) < 4.78 is 43.5. The summed E-state index contributed by atoms with van der Waals surface area (Å²) >= 11 is 0. The highest BCUT2D eigenvalue weighted by Gasteiger charge is 2.17. The maximum atomic E-state index is 14.3. The van der Waals surface area contributed by atoms with Gasteiger partial charge in [0.2, 0.25) is 11.7 Å². The molecule has 1 aromatic heterocycles. The van der Waals surface area contributed by atoms with Crippen LogP contribution in [-0.4, -0.2) is 43.4 Å². The highest BCUT2D eigenvalue weighted by molar-refractivity contribution is 5.61. The number of ether oxygens (including phenoxy) is 3. The van der Waals surface area contributed by atoms with Crippen molar-refractivity contribution < 1.29 is 23.0 Å². The van der Waals surface area contributed by atoms with Crippen LogP contribution in [0, 0.1) is 11.6 Å². The third-order valence-corrected chi connectivity index (χ3v) is 4.56. The van der Waals surface area contributed by atoms with E-state index >= 15 is 0 Å². The number of morpholine rings is 1. The van der Waals surface area contributed by atoms with Crippen LogP contribution in [0.5, 0.6) is 17.4 Å². The summed E-state index contributed by atoms with van der Waals surface area (Å²) in [5.74, 6) is -1.85. The Morgan fingerprint density at radius 1 is 1.00 bits per heavy atom. The summed E-state index contributed by atoms with van der Waals surface area (Å²) in [5.41, 5.74) is 1.90. The molecule has 1 fully saturated rings. The van der Waals surface area contributed by atoms with Crippen LogP contribution < -0.4 is 14.4 Å². The van der Waals surface area contributed by atoms with Gasteiger partial charge < -0.3 is 19.1 Å². The zero-order valence-electron chi connectivity index (χ0n) is 15.8. The summed E-state index contributed by atoms with van der Waals surface area (Å²) in [6, 6.07) is 11.6. The van der Waals surface area contributed by atoms with E-state index in [-0.39, 0.29) is 11.6 Å². The molecular weight excluding hydrogens is 380 g/mol. The predicted molar refractivity (Wildman–Crippen MR) is 103 cm³/mol. The first-order valence-electron chi connectivity index (χ1n) is 9.12. The van der Waals surface area contributed by atoms with Gasteiger partial charge >= 0.3 is 0 Å². The van der Waals surface area contributed by atoms with E-state index in [0.29, 0.717) is 5.82 Å². The van der Waals surface area contributed by atoms with Crippen molar-refractivity contribution in [2.75, 3.05) is 38.3 Å². The first-order valence-corrected chi connectivity index (χ1v) is 9.12. The Balaban J connectivity index is 1.55. The molecule has 0 aliphatic carbocycles. The quantitative estimate of drug-likeness (QED) is 0.645. The van der Waals surface area contributed by atoms with Gasteiger partial charge in [0.05, 0.1) is 20.3 Å². The lowest BCUT2D eigenvalue weighted by Gasteiger charge is -2.28. The third kappa shape index (κ3) is 4.12. The first-order chi connectivity index (χ1) is 14.2. The molecule has 1 aliphatic heterocycles. The second kappa shape index (κ2) is 8.40. The first kappa shape index (κ1) is 19.1. The monoisotopic (exact) mass is 399 g/mol. The van der Waals surface area contributed by atoms with Crippen LogP contribution in [0.25, 0.3) is 11.4 Å². The van der Waals surface area contributed by atoms with Crippen molar-refractivity contribution >= 4 is 5.69 Å². The Bertz CT molecular complexity index is 993. The summed E-state index contributed by atoms with van der Waals surface area (Å²) in [6.07, 6.45) is 1.52. The average Bonchev–Trinajstić information content (AvgIpc) is 2.77. The van der Waals surface area contributed by atoms with E-state index in [1.807, 2.05) is 24.3 Å². The Labute approximate surface area is 166 Å². The number of anilines is 1. The highest BCUT2D eigenvalue weighted by atomic mass is 19.1. The molecule has 2 heterocycles. The van der Waals surface area contributed by atoms with Crippen LogP contribution in [0.3, 0.4) is 0 Å². The Kier molecular flexibility index (Phi) is 5.53. The summed E-state index contributed by atoms with van der Waals surface area (Å²) in [5, 5.41) is 0. The molecule has 0 spiro atoms. The van der Waals surface area contributed by atoms with Crippen molar-refractivity contribution in [1.82, 2.24) is 9.97 Å². The molecule has 0 atom stereocenters. The Morgan fingerprint density at radius 3 is 2.48 bits per heavy atom. The fraction of sp³-hybridized carbons (Fsp3) is 0.238. The van der Waals surface area contributed by atoms with Crippen LogP contribution >= 0.6 is 0 Å². The van der Waals surface area contributed by atoms with Gasteiger partial charge in [-0.05, 0) is 36.4 Å². The Morgan fingerprint density at radius 2 is 1.76 bits per heavy atom. The molecule has 0 N–H and O–H groups in total. The SMILES string of the molecule is COc1c(F)ccc(Oc2ccnc(-c3ccc(N4CCOCC4)cc3)n2)c1F. The fourth-order valence-electron chi connectivity index (χ4n) is 3.07. The van der Waals surface area contributed by atoms with E-state index in [1.165, 1.54) is 25.4 Å². The average molecular weight is 399 g/mol. The number of rotatable bonds is 5. The second-order valence-corrected chi connectivity index (χ2v) is 6.36. The van der Waals surface area contributed by atoms with Crippen molar-refractivity contribution in [2.45, 2.75) is 0 Å². The molecule has 29 heavy (non-hydrogen) atoms. The smallest absolute Gasteiger partial charge is 0.222 e. The minimum atomic E-state index is -0.928. The van der Waals surface area contributed by atoms with Gasteiger partial charge in [-0.2, -0.15) is 9.37 Å². The summed E-state index contributed by atoms with van der Waals surface area (Å²) in [6.45, 7) is 3.14. The molecule has 150 valence electrons. The van der Waals surface area contributed by atoms with Gasteiger partial charge in [0, 0.05) is 36.6 Å². The molecule has 0 unspecified atom stereocenters. The minimum absolute atomic E-state index is 0.139. The van der Waals surface area contributed by atoms with Crippen LogP contribution in [0.15, 0.2) is 48.7 Å². The maximum Gasteiger partial charge on any atom is 0.222 e. The molecule has 8 heteroatoms. The standard InChI is InChI=1S/C21H19F2N3O3/c1-27-20-16(22)6-7-17(19(20)23)29-18-8-9-24-21(25-18)14-2-4-15(5-3-14)26-10-12-28-13-11-26/h2-9H,10-13H2,1H3. The third-order valence-electron chi connectivity index (χ3n) is 4.56. The van der Waals surface area contributed by atoms with Crippen molar-refractivity contribution in [3.8, 4) is 28.8 Å². The molecule has 0 amide bonds. The van der Waals surface area contributed by atoms with Gasteiger partial charge in [-0.15, -0.1) is 0 Å². The molecule has 4 rings (SSSR count). The lowest BCUT2D eigenvalue weighted by atomic mass is 10.1. The predicted octanol–water partition coefficient (Wildman–Crippen LogP) is 4.06. The van der Waals surface area contributed by atoms with Crippen molar-refractivity contribution in [3.05, 3.63) is 60.3 Å². The normalized spacial score (nSPS) is 14.0. The van der Waals surface area contributed by atoms with E-state index in [1.54, 1.807) is 0 Å². The number of hydrogen-bond donors (Lipinski definition) is 0.